The molecule has 1 saturated carbocycles. The van der Waals surface area contributed by atoms with E-state index < -0.39 is 11.9 Å². The minimum Gasteiger partial charge on any atom is -0.494 e. The second-order valence-corrected chi connectivity index (χ2v) is 9.83. The van der Waals surface area contributed by atoms with E-state index in [0.29, 0.717) is 55.0 Å². The number of halogens is 1. The number of unbranched alkanes of at least 4 members (excludes halogenated alkanes) is 1. The molecule has 0 unspecified atom stereocenters. The lowest BCUT2D eigenvalue weighted by Gasteiger charge is -2.23. The quantitative estimate of drug-likeness (QED) is 0.198. The minimum atomic E-state index is -0.586. The number of ether oxygens (including phenoxy) is 1. The molecule has 3 rings (SSSR count). The van der Waals surface area contributed by atoms with E-state index in [1.54, 1.807) is 32.3 Å². The van der Waals surface area contributed by atoms with E-state index in [0.717, 1.165) is 12.8 Å². The van der Waals surface area contributed by atoms with Crippen LogP contribution in [0.5, 0.6) is 5.75 Å². The van der Waals surface area contributed by atoms with Crippen LogP contribution in [0, 0.1) is 17.7 Å². The molecule has 1 aliphatic carbocycles. The maximum Gasteiger partial charge on any atom is 0.246 e. The lowest BCUT2D eigenvalue weighted by atomic mass is 10.2. The SMILES string of the molecule is COc1ccc(Nc2ncc(C#CCCCNC(=O)[C@H](C)N(C)C(=O)C=CCN(C)C)c(NC3CC3)n2)cc1F. The summed E-state index contributed by atoms with van der Waals surface area (Å²) < 4.78 is 19.0. The van der Waals surface area contributed by atoms with Crippen molar-refractivity contribution in [2.24, 2.45) is 0 Å². The normalized spacial score (nSPS) is 13.4. The molecule has 0 aliphatic heterocycles. The molecule has 2 amide bonds. The number of hydrogen-bond acceptors (Lipinski definition) is 8. The number of nitrogens with one attached hydrogen (secondary N) is 3. The van der Waals surface area contributed by atoms with Gasteiger partial charge in [-0.05, 0) is 52.4 Å². The van der Waals surface area contributed by atoms with E-state index in [2.05, 4.69) is 37.8 Å². The first-order valence-corrected chi connectivity index (χ1v) is 13.3. The van der Waals surface area contributed by atoms with Crippen molar-refractivity contribution in [3.05, 3.63) is 47.9 Å². The minimum absolute atomic E-state index is 0.160. The van der Waals surface area contributed by atoms with E-state index in [1.165, 1.54) is 30.2 Å². The zero-order valence-electron chi connectivity index (χ0n) is 23.8. The molecule has 11 heteroatoms. The van der Waals surface area contributed by atoms with Crippen molar-refractivity contribution in [1.82, 2.24) is 25.1 Å². The number of anilines is 3. The van der Waals surface area contributed by atoms with Gasteiger partial charge in [-0.25, -0.2) is 9.37 Å². The molecule has 10 nitrogen and oxygen atoms in total. The van der Waals surface area contributed by atoms with Crippen molar-refractivity contribution in [1.29, 1.82) is 0 Å². The number of methoxy groups -OCH3 is 1. The number of hydrogen-bond donors (Lipinski definition) is 3. The van der Waals surface area contributed by atoms with E-state index in [1.807, 2.05) is 19.0 Å². The van der Waals surface area contributed by atoms with Gasteiger partial charge in [-0.2, -0.15) is 4.98 Å². The molecule has 0 saturated heterocycles. The Morgan fingerprint density at radius 3 is 2.73 bits per heavy atom. The third-order valence-electron chi connectivity index (χ3n) is 6.15. The van der Waals surface area contributed by atoms with Crippen LogP contribution in [0.4, 0.5) is 21.8 Å². The van der Waals surface area contributed by atoms with Crippen LogP contribution in [0.1, 0.15) is 38.2 Å². The molecule has 2 aromatic rings. The van der Waals surface area contributed by atoms with Gasteiger partial charge in [0, 0.05) is 50.4 Å². The summed E-state index contributed by atoms with van der Waals surface area (Å²) in [5.41, 5.74) is 1.17. The predicted octanol–water partition coefficient (Wildman–Crippen LogP) is 3.15. The van der Waals surface area contributed by atoms with Crippen LogP contribution in [0.3, 0.4) is 0 Å². The monoisotopic (exact) mass is 551 g/mol. The number of carbonyl (C=O) groups excluding carboxylic acids is 2. The van der Waals surface area contributed by atoms with Gasteiger partial charge >= 0.3 is 0 Å². The van der Waals surface area contributed by atoms with Gasteiger partial charge in [0.2, 0.25) is 17.8 Å². The highest BCUT2D eigenvalue weighted by Gasteiger charge is 2.23. The standard InChI is InChI=1S/C29H38FN7O3/c1-20(37(4)26(38)11-9-17-36(2)3)28(39)31-16-8-6-7-10-21-19-32-29(35-27(21)33-22-12-13-22)34-23-14-15-25(40-5)24(30)18-23/h9,11,14-15,18-20,22H,6,8,12-13,16-17H2,1-5H3,(H,31,39)(H2,32,33,34,35)/t20-/m0/s1. The Morgan fingerprint density at radius 2 is 2.05 bits per heavy atom. The van der Waals surface area contributed by atoms with Gasteiger partial charge in [-0.15, -0.1) is 0 Å². The topological polar surface area (TPSA) is 112 Å². The first-order chi connectivity index (χ1) is 19.2. The third kappa shape index (κ3) is 9.54. The van der Waals surface area contributed by atoms with Crippen LogP contribution >= 0.6 is 0 Å². The van der Waals surface area contributed by atoms with Crippen molar-refractivity contribution in [3.63, 3.8) is 0 Å². The molecular weight excluding hydrogens is 513 g/mol. The van der Waals surface area contributed by atoms with E-state index in [9.17, 15) is 14.0 Å². The molecule has 3 N–H and O–H groups in total. The summed E-state index contributed by atoms with van der Waals surface area (Å²) in [6.07, 6.45) is 8.23. The molecular formula is C29H38FN7O3. The Kier molecular flexibility index (Phi) is 11.3. The average Bonchev–Trinajstić information content (AvgIpc) is 3.74. The van der Waals surface area contributed by atoms with Gasteiger partial charge in [-0.1, -0.05) is 17.9 Å². The largest absolute Gasteiger partial charge is 0.494 e. The van der Waals surface area contributed by atoms with Crippen molar-refractivity contribution < 1.29 is 18.7 Å². The Labute approximate surface area is 235 Å². The van der Waals surface area contributed by atoms with Gasteiger partial charge in [0.25, 0.3) is 0 Å². The van der Waals surface area contributed by atoms with Crippen LogP contribution in [0.2, 0.25) is 0 Å². The average molecular weight is 552 g/mol. The molecule has 1 fully saturated rings. The van der Waals surface area contributed by atoms with Gasteiger partial charge < -0.3 is 30.5 Å². The van der Waals surface area contributed by atoms with Crippen LogP contribution < -0.4 is 20.7 Å². The fourth-order valence-corrected chi connectivity index (χ4v) is 3.48. The third-order valence-corrected chi connectivity index (χ3v) is 6.15. The molecule has 0 radical (unpaired) electrons. The highest BCUT2D eigenvalue weighted by atomic mass is 19.1. The predicted molar refractivity (Wildman–Crippen MR) is 154 cm³/mol. The van der Waals surface area contributed by atoms with Crippen molar-refractivity contribution in [3.8, 4) is 17.6 Å². The van der Waals surface area contributed by atoms with E-state index >= 15 is 0 Å². The Bertz CT molecular complexity index is 1270. The molecule has 0 spiro atoms. The summed E-state index contributed by atoms with van der Waals surface area (Å²) in [7, 11) is 6.86. The lowest BCUT2D eigenvalue weighted by molar-refractivity contribution is -0.135. The maximum atomic E-state index is 14.0. The second-order valence-electron chi connectivity index (χ2n) is 9.83. The number of carbonyl (C=O) groups is 2. The van der Waals surface area contributed by atoms with Gasteiger partial charge in [0.15, 0.2) is 11.6 Å². The number of aromatic nitrogens is 2. The first kappa shape index (κ1) is 30.4. The molecule has 214 valence electrons. The lowest BCUT2D eigenvalue weighted by Crippen LogP contribution is -2.45. The summed E-state index contributed by atoms with van der Waals surface area (Å²) in [5, 5.41) is 9.25. The zero-order valence-corrected chi connectivity index (χ0v) is 23.8. The summed E-state index contributed by atoms with van der Waals surface area (Å²) >= 11 is 0. The summed E-state index contributed by atoms with van der Waals surface area (Å²) in [6.45, 7) is 2.80. The molecule has 1 aromatic carbocycles. The highest BCUT2D eigenvalue weighted by Crippen LogP contribution is 2.27. The fourth-order valence-electron chi connectivity index (χ4n) is 3.48. The van der Waals surface area contributed by atoms with Crippen LogP contribution in [0.15, 0.2) is 36.5 Å². The Hall–Kier alpha value is -4.17. The van der Waals surface area contributed by atoms with Crippen molar-refractivity contribution >= 4 is 29.3 Å². The number of likely N-dealkylation sites (N-methyl/N-ethyl adjacent to an activating group) is 2. The summed E-state index contributed by atoms with van der Waals surface area (Å²) in [6, 6.07) is 4.31. The number of benzene rings is 1. The molecule has 1 aliphatic rings. The second kappa shape index (κ2) is 14.8. The Morgan fingerprint density at radius 1 is 1.27 bits per heavy atom. The molecule has 0 bridgehead atoms. The fraction of sp³-hybridized carbons (Fsp3) is 0.448. The van der Waals surface area contributed by atoms with Crippen LogP contribution in [-0.2, 0) is 9.59 Å². The van der Waals surface area contributed by atoms with Gasteiger partial charge in [-0.3, -0.25) is 9.59 Å². The first-order valence-electron chi connectivity index (χ1n) is 13.3. The molecule has 40 heavy (non-hydrogen) atoms. The summed E-state index contributed by atoms with van der Waals surface area (Å²) in [4.78, 5) is 37.0. The summed E-state index contributed by atoms with van der Waals surface area (Å²) in [5.74, 6) is 6.43. The van der Waals surface area contributed by atoms with Gasteiger partial charge in [0.1, 0.15) is 11.9 Å². The maximum absolute atomic E-state index is 14.0. The zero-order chi connectivity index (χ0) is 29.1. The Balaban J connectivity index is 1.50. The van der Waals surface area contributed by atoms with Crippen molar-refractivity contribution in [2.45, 2.75) is 44.7 Å². The van der Waals surface area contributed by atoms with E-state index in [4.69, 9.17) is 4.74 Å². The number of nitrogens with zero attached hydrogens (tertiary/aromatic N) is 4. The smallest absolute Gasteiger partial charge is 0.246 e. The number of amides is 2. The van der Waals surface area contributed by atoms with E-state index in [-0.39, 0.29) is 17.6 Å². The highest BCUT2D eigenvalue weighted by molar-refractivity contribution is 5.92. The van der Waals surface area contributed by atoms with Crippen LogP contribution in [0.25, 0.3) is 0 Å². The molecule has 1 aromatic heterocycles. The van der Waals surface area contributed by atoms with Crippen molar-refractivity contribution in [2.75, 3.05) is 52.0 Å². The molecule has 1 atom stereocenters. The van der Waals surface area contributed by atoms with Gasteiger partial charge in [0.05, 0.1) is 18.9 Å². The molecule has 1 heterocycles. The number of rotatable bonds is 13. The van der Waals surface area contributed by atoms with Crippen LogP contribution in [-0.4, -0.2) is 85.0 Å².